The summed E-state index contributed by atoms with van der Waals surface area (Å²) in [7, 11) is -4.18. The normalized spacial score (nSPS) is 17.3. The summed E-state index contributed by atoms with van der Waals surface area (Å²) in [6.45, 7) is 3.38. The third-order valence-corrected chi connectivity index (χ3v) is 8.32. The highest BCUT2D eigenvalue weighted by Crippen LogP contribution is 2.35. The monoisotopic (exact) mass is 459 g/mol. The predicted molar refractivity (Wildman–Crippen MR) is 122 cm³/mol. The van der Waals surface area contributed by atoms with Crippen LogP contribution in [0.25, 0.3) is 0 Å². The van der Waals surface area contributed by atoms with Crippen molar-refractivity contribution in [1.29, 1.82) is 0 Å². The number of nitrogens with zero attached hydrogens (tertiary/aromatic N) is 2. The Morgan fingerprint density at radius 2 is 1.84 bits per heavy atom. The van der Waals surface area contributed by atoms with Crippen LogP contribution in [0, 0.1) is 5.92 Å². The maximum Gasteiger partial charge on any atom is 0.271 e. The lowest BCUT2D eigenvalue weighted by Crippen LogP contribution is -2.44. The van der Waals surface area contributed by atoms with Gasteiger partial charge in [0.05, 0.1) is 28.4 Å². The van der Waals surface area contributed by atoms with Crippen LogP contribution in [0.5, 0.6) is 0 Å². The molecule has 9 heteroatoms. The molecule has 2 aromatic carbocycles. The molecule has 0 bridgehead atoms. The number of hydrogen-bond donors (Lipinski definition) is 1. The van der Waals surface area contributed by atoms with E-state index in [0.29, 0.717) is 30.3 Å². The van der Waals surface area contributed by atoms with E-state index < -0.39 is 15.9 Å². The summed E-state index contributed by atoms with van der Waals surface area (Å²) >= 11 is 1.40. The van der Waals surface area contributed by atoms with E-state index in [1.54, 1.807) is 35.2 Å². The van der Waals surface area contributed by atoms with Gasteiger partial charge in [-0.25, -0.2) is 8.42 Å². The van der Waals surface area contributed by atoms with Crippen LogP contribution < -0.4 is 9.62 Å². The lowest BCUT2D eigenvalue weighted by atomic mass is 9.98. The zero-order chi connectivity index (χ0) is 22.2. The van der Waals surface area contributed by atoms with Gasteiger partial charge in [-0.05, 0) is 55.3 Å². The Morgan fingerprint density at radius 3 is 2.55 bits per heavy atom. The van der Waals surface area contributed by atoms with Crippen LogP contribution >= 0.6 is 11.8 Å². The number of thioether (sulfide) groups is 1. The number of likely N-dealkylation sites (tertiary alicyclic amines) is 1. The fourth-order valence-corrected chi connectivity index (χ4v) is 5.98. The number of nitrogens with one attached hydrogen (secondary N) is 1. The molecule has 2 aromatic rings. The highest BCUT2D eigenvalue weighted by Gasteiger charge is 2.36. The van der Waals surface area contributed by atoms with E-state index in [0.717, 1.165) is 22.0 Å². The molecule has 1 N–H and O–H groups in total. The molecule has 0 unspecified atom stereocenters. The zero-order valence-corrected chi connectivity index (χ0v) is 19.1. The Morgan fingerprint density at radius 1 is 1.13 bits per heavy atom. The summed E-state index contributed by atoms with van der Waals surface area (Å²) in [4.78, 5) is 28.3. The summed E-state index contributed by atoms with van der Waals surface area (Å²) in [6, 6.07) is 11.3. The van der Waals surface area contributed by atoms with Gasteiger partial charge in [0, 0.05) is 18.0 Å². The quantitative estimate of drug-likeness (QED) is 0.705. The second-order valence-corrected chi connectivity index (χ2v) is 10.5. The first-order valence-electron chi connectivity index (χ1n) is 10.2. The standard InChI is InChI=1S/C22H25N3O4S2/c1-15-9-11-24(12-10-15)22(27)17-13-16(7-8-20(17)30-2)31(28,29)25-19-6-4-3-5-18(19)23-14-21(25)26/h3-8,13,15,23H,9-12,14H2,1-2H3. The second-order valence-electron chi connectivity index (χ2n) is 7.87. The molecule has 2 aliphatic heterocycles. The molecule has 1 fully saturated rings. The summed E-state index contributed by atoms with van der Waals surface area (Å²) < 4.78 is 27.8. The van der Waals surface area contributed by atoms with E-state index in [-0.39, 0.29) is 23.0 Å². The first-order chi connectivity index (χ1) is 14.8. The molecule has 1 saturated heterocycles. The van der Waals surface area contributed by atoms with Gasteiger partial charge in [-0.3, -0.25) is 9.59 Å². The number of carbonyl (C=O) groups is 2. The predicted octanol–water partition coefficient (Wildman–Crippen LogP) is 3.43. The van der Waals surface area contributed by atoms with Gasteiger partial charge in [-0.1, -0.05) is 19.1 Å². The maximum absolute atomic E-state index is 13.5. The lowest BCUT2D eigenvalue weighted by Gasteiger charge is -2.31. The van der Waals surface area contributed by atoms with Crippen LogP contribution in [0.2, 0.25) is 0 Å². The molecule has 0 spiro atoms. The van der Waals surface area contributed by atoms with Crippen LogP contribution in [0.4, 0.5) is 11.4 Å². The summed E-state index contributed by atoms with van der Waals surface area (Å²) in [5.41, 5.74) is 1.22. The number of fused-ring (bicyclic) bond motifs is 1. The van der Waals surface area contributed by atoms with Crippen molar-refractivity contribution in [3.8, 4) is 0 Å². The first kappa shape index (κ1) is 21.7. The van der Waals surface area contributed by atoms with Crippen molar-refractivity contribution >= 4 is 45.0 Å². The topological polar surface area (TPSA) is 86.8 Å². The van der Waals surface area contributed by atoms with Crippen molar-refractivity contribution in [1.82, 2.24) is 4.90 Å². The van der Waals surface area contributed by atoms with Crippen molar-refractivity contribution < 1.29 is 18.0 Å². The van der Waals surface area contributed by atoms with E-state index >= 15 is 0 Å². The summed E-state index contributed by atoms with van der Waals surface area (Å²) in [5.74, 6) is -0.152. The van der Waals surface area contributed by atoms with Crippen molar-refractivity contribution in [2.45, 2.75) is 29.6 Å². The van der Waals surface area contributed by atoms with Gasteiger partial charge in [0.1, 0.15) is 0 Å². The third kappa shape index (κ3) is 4.04. The number of hydrogen-bond acceptors (Lipinski definition) is 6. The van der Waals surface area contributed by atoms with Crippen molar-refractivity contribution in [3.05, 3.63) is 48.0 Å². The Kier molecular flexibility index (Phi) is 5.98. The van der Waals surface area contributed by atoms with E-state index in [2.05, 4.69) is 12.2 Å². The van der Waals surface area contributed by atoms with Crippen LogP contribution in [0.3, 0.4) is 0 Å². The largest absolute Gasteiger partial charge is 0.374 e. The van der Waals surface area contributed by atoms with Gasteiger partial charge in [0.2, 0.25) is 0 Å². The van der Waals surface area contributed by atoms with Gasteiger partial charge in [0.15, 0.2) is 0 Å². The van der Waals surface area contributed by atoms with Crippen LogP contribution in [0.1, 0.15) is 30.1 Å². The van der Waals surface area contributed by atoms with E-state index in [9.17, 15) is 18.0 Å². The molecule has 2 amide bonds. The van der Waals surface area contributed by atoms with Gasteiger partial charge in [0.25, 0.3) is 21.8 Å². The fraction of sp³-hybridized carbons (Fsp3) is 0.364. The maximum atomic E-state index is 13.5. The molecule has 2 aliphatic rings. The van der Waals surface area contributed by atoms with E-state index in [1.165, 1.54) is 23.9 Å². The summed E-state index contributed by atoms with van der Waals surface area (Å²) in [5, 5.41) is 2.94. The average molecular weight is 460 g/mol. The SMILES string of the molecule is CSc1ccc(S(=O)(=O)N2C(=O)CNc3ccccc32)cc1C(=O)N1CCC(C)CC1. The van der Waals surface area contributed by atoms with Crippen LogP contribution in [-0.2, 0) is 14.8 Å². The Balaban J connectivity index is 1.74. The highest BCUT2D eigenvalue weighted by atomic mass is 32.2. The number of benzene rings is 2. The first-order valence-corrected chi connectivity index (χ1v) is 12.9. The molecule has 0 aromatic heterocycles. The third-order valence-electron chi connectivity index (χ3n) is 5.79. The molecular formula is C22H25N3O4S2. The Hall–Kier alpha value is -2.52. The molecule has 0 atom stereocenters. The number of rotatable bonds is 4. The number of carbonyl (C=O) groups excluding carboxylic acids is 2. The molecule has 31 heavy (non-hydrogen) atoms. The smallest absolute Gasteiger partial charge is 0.271 e. The van der Waals surface area contributed by atoms with Crippen LogP contribution in [-0.4, -0.2) is 51.0 Å². The van der Waals surface area contributed by atoms with Gasteiger partial charge >= 0.3 is 0 Å². The van der Waals surface area contributed by atoms with Crippen molar-refractivity contribution in [2.75, 3.05) is 35.5 Å². The number of sulfonamides is 1. The zero-order valence-electron chi connectivity index (χ0n) is 17.5. The molecule has 0 saturated carbocycles. The molecule has 164 valence electrons. The summed E-state index contributed by atoms with van der Waals surface area (Å²) in [6.07, 6.45) is 3.73. The van der Waals surface area contributed by atoms with Gasteiger partial charge < -0.3 is 10.2 Å². The van der Waals surface area contributed by atoms with E-state index in [1.807, 2.05) is 6.26 Å². The number of para-hydroxylation sites is 2. The molecule has 0 radical (unpaired) electrons. The second kappa shape index (κ2) is 8.55. The van der Waals surface area contributed by atoms with E-state index in [4.69, 9.17) is 0 Å². The molecule has 4 rings (SSSR count). The van der Waals surface area contributed by atoms with Crippen molar-refractivity contribution in [3.63, 3.8) is 0 Å². The minimum Gasteiger partial charge on any atom is -0.374 e. The van der Waals surface area contributed by atoms with Crippen LogP contribution in [0.15, 0.2) is 52.3 Å². The minimum absolute atomic E-state index is 0.0657. The van der Waals surface area contributed by atoms with Gasteiger partial charge in [-0.2, -0.15) is 4.31 Å². The number of piperidine rings is 1. The molecule has 7 nitrogen and oxygen atoms in total. The Bertz CT molecular complexity index is 1130. The molecular weight excluding hydrogens is 434 g/mol. The van der Waals surface area contributed by atoms with Gasteiger partial charge in [-0.15, -0.1) is 11.8 Å². The molecule has 2 heterocycles. The Labute approximate surface area is 186 Å². The number of amides is 2. The molecule has 0 aliphatic carbocycles. The highest BCUT2D eigenvalue weighted by molar-refractivity contribution is 7.98. The average Bonchev–Trinajstić information content (AvgIpc) is 2.78. The lowest BCUT2D eigenvalue weighted by molar-refractivity contribution is -0.116. The van der Waals surface area contributed by atoms with Crippen molar-refractivity contribution in [2.24, 2.45) is 5.92 Å². The fourth-order valence-electron chi connectivity index (χ4n) is 3.94. The minimum atomic E-state index is -4.18. The number of anilines is 2.